The van der Waals surface area contributed by atoms with Crippen molar-refractivity contribution in [1.82, 2.24) is 4.90 Å². The van der Waals surface area contributed by atoms with E-state index in [1.165, 1.54) is 0 Å². The number of hydrogen-bond donors (Lipinski definition) is 1. The van der Waals surface area contributed by atoms with Gasteiger partial charge in [0, 0.05) is 32.0 Å². The molecule has 0 radical (unpaired) electrons. The van der Waals surface area contributed by atoms with Crippen LogP contribution in [0, 0.1) is 11.8 Å². The van der Waals surface area contributed by atoms with Crippen LogP contribution in [0.25, 0.3) is 0 Å². The minimum Gasteiger partial charge on any atom is -0.481 e. The maximum atomic E-state index is 11.7. The molecule has 2 heterocycles. The molecular formula is C11H17NO4. The highest BCUT2D eigenvalue weighted by Gasteiger charge is 2.35. The zero-order valence-electron chi connectivity index (χ0n) is 9.22. The normalized spacial score (nSPS) is 28.9. The number of carboxylic acid groups (broad SMARTS) is 1. The first-order valence-electron chi connectivity index (χ1n) is 5.74. The number of rotatable bonds is 3. The van der Waals surface area contributed by atoms with Crippen molar-refractivity contribution in [2.45, 2.75) is 19.3 Å². The smallest absolute Gasteiger partial charge is 0.303 e. The van der Waals surface area contributed by atoms with E-state index in [4.69, 9.17) is 9.84 Å². The second kappa shape index (κ2) is 4.82. The fraction of sp³-hybridized carbons (Fsp3) is 0.818. The lowest BCUT2D eigenvalue weighted by Gasteiger charge is -2.33. The second-order valence-electron chi connectivity index (χ2n) is 4.58. The number of aliphatic carboxylic acids is 1. The largest absolute Gasteiger partial charge is 0.481 e. The van der Waals surface area contributed by atoms with Gasteiger partial charge in [-0.3, -0.25) is 9.59 Å². The van der Waals surface area contributed by atoms with E-state index in [1.54, 1.807) is 4.90 Å². The first-order chi connectivity index (χ1) is 7.66. The van der Waals surface area contributed by atoms with Crippen LogP contribution in [0.4, 0.5) is 0 Å². The summed E-state index contributed by atoms with van der Waals surface area (Å²) in [4.78, 5) is 23.9. The average molecular weight is 227 g/mol. The topological polar surface area (TPSA) is 66.8 Å². The maximum Gasteiger partial charge on any atom is 0.303 e. The van der Waals surface area contributed by atoms with Gasteiger partial charge < -0.3 is 14.7 Å². The number of ether oxygens (including phenoxy) is 1. The number of amides is 1. The molecule has 0 aromatic rings. The van der Waals surface area contributed by atoms with Crippen molar-refractivity contribution >= 4 is 11.9 Å². The molecule has 2 saturated heterocycles. The van der Waals surface area contributed by atoms with Crippen molar-refractivity contribution in [2.75, 3.05) is 26.3 Å². The third-order valence-electron chi connectivity index (χ3n) is 3.46. The van der Waals surface area contributed by atoms with Crippen LogP contribution in [-0.4, -0.2) is 48.2 Å². The zero-order chi connectivity index (χ0) is 11.5. The van der Waals surface area contributed by atoms with Gasteiger partial charge in [-0.05, 0) is 12.3 Å². The molecule has 0 aliphatic carbocycles. The Labute approximate surface area is 94.4 Å². The molecule has 0 unspecified atom stereocenters. The summed E-state index contributed by atoms with van der Waals surface area (Å²) in [6.45, 7) is 3.06. The molecule has 16 heavy (non-hydrogen) atoms. The molecule has 0 aromatic carbocycles. The summed E-state index contributed by atoms with van der Waals surface area (Å²) >= 11 is 0. The predicted octanol–water partition coefficient (Wildman–Crippen LogP) is 0.346. The number of carboxylic acids is 1. The number of fused-ring (bicyclic) bond motifs is 1. The second-order valence-corrected chi connectivity index (χ2v) is 4.58. The summed E-state index contributed by atoms with van der Waals surface area (Å²) in [5, 5.41) is 8.52. The Bertz CT molecular complexity index is 292. The number of hydrogen-bond acceptors (Lipinski definition) is 3. The van der Waals surface area contributed by atoms with E-state index >= 15 is 0 Å². The van der Waals surface area contributed by atoms with E-state index in [9.17, 15) is 9.59 Å². The Morgan fingerprint density at radius 1 is 1.25 bits per heavy atom. The molecule has 2 fully saturated rings. The van der Waals surface area contributed by atoms with Crippen molar-refractivity contribution in [1.29, 1.82) is 0 Å². The van der Waals surface area contributed by atoms with Crippen LogP contribution in [0.15, 0.2) is 0 Å². The van der Waals surface area contributed by atoms with Crippen LogP contribution >= 0.6 is 0 Å². The van der Waals surface area contributed by atoms with Crippen molar-refractivity contribution in [3.05, 3.63) is 0 Å². The van der Waals surface area contributed by atoms with Gasteiger partial charge in [0.2, 0.25) is 5.91 Å². The molecule has 2 aliphatic rings. The Morgan fingerprint density at radius 3 is 2.75 bits per heavy atom. The van der Waals surface area contributed by atoms with E-state index < -0.39 is 5.97 Å². The van der Waals surface area contributed by atoms with Gasteiger partial charge in [0.05, 0.1) is 13.0 Å². The summed E-state index contributed by atoms with van der Waals surface area (Å²) < 4.78 is 5.39. The summed E-state index contributed by atoms with van der Waals surface area (Å²) in [5.41, 5.74) is 0. The highest BCUT2D eigenvalue weighted by Crippen LogP contribution is 2.29. The van der Waals surface area contributed by atoms with Crippen molar-refractivity contribution in [2.24, 2.45) is 11.8 Å². The Hall–Kier alpha value is -1.10. The number of carbonyl (C=O) groups excluding carboxylic acids is 1. The van der Waals surface area contributed by atoms with Gasteiger partial charge in [0.25, 0.3) is 0 Å². The lowest BCUT2D eigenvalue weighted by molar-refractivity contribution is -0.141. The van der Waals surface area contributed by atoms with Gasteiger partial charge in [-0.1, -0.05) is 0 Å². The fourth-order valence-electron chi connectivity index (χ4n) is 2.46. The van der Waals surface area contributed by atoms with Gasteiger partial charge in [0.15, 0.2) is 0 Å². The first-order valence-corrected chi connectivity index (χ1v) is 5.74. The third kappa shape index (κ3) is 2.52. The lowest BCUT2D eigenvalue weighted by atomic mass is 9.88. The molecule has 0 bridgehead atoms. The number of piperidine rings is 1. The van der Waals surface area contributed by atoms with Gasteiger partial charge in [-0.15, -0.1) is 0 Å². The lowest BCUT2D eigenvalue weighted by Crippen LogP contribution is -2.43. The van der Waals surface area contributed by atoms with Crippen LogP contribution in [0.5, 0.6) is 0 Å². The fourth-order valence-corrected chi connectivity index (χ4v) is 2.46. The summed E-state index contributed by atoms with van der Waals surface area (Å²) in [5.74, 6) is 0.117. The van der Waals surface area contributed by atoms with Gasteiger partial charge in [-0.25, -0.2) is 0 Å². The van der Waals surface area contributed by atoms with Crippen molar-refractivity contribution < 1.29 is 19.4 Å². The molecule has 90 valence electrons. The Kier molecular flexibility index (Phi) is 3.43. The van der Waals surface area contributed by atoms with E-state index in [1.807, 2.05) is 0 Å². The highest BCUT2D eigenvalue weighted by molar-refractivity contribution is 5.80. The SMILES string of the molecule is O=C(O)CCC(=O)N1CC[C@@H]2COC[C@H]2C1. The summed E-state index contributed by atoms with van der Waals surface area (Å²) in [7, 11) is 0. The Morgan fingerprint density at radius 2 is 2.00 bits per heavy atom. The molecule has 1 N–H and O–H groups in total. The van der Waals surface area contributed by atoms with Crippen LogP contribution in [0.3, 0.4) is 0 Å². The van der Waals surface area contributed by atoms with Crippen molar-refractivity contribution in [3.8, 4) is 0 Å². The molecule has 5 nitrogen and oxygen atoms in total. The summed E-state index contributed by atoms with van der Waals surface area (Å²) in [6.07, 6.45) is 1.04. The number of carbonyl (C=O) groups is 2. The van der Waals surface area contributed by atoms with Crippen molar-refractivity contribution in [3.63, 3.8) is 0 Å². The molecule has 2 aliphatic heterocycles. The van der Waals surface area contributed by atoms with Gasteiger partial charge in [0.1, 0.15) is 0 Å². The van der Waals surface area contributed by atoms with Gasteiger partial charge >= 0.3 is 5.97 Å². The highest BCUT2D eigenvalue weighted by atomic mass is 16.5. The minimum absolute atomic E-state index is 0.0345. The van der Waals surface area contributed by atoms with Crippen LogP contribution in [-0.2, 0) is 14.3 Å². The average Bonchev–Trinajstić information content (AvgIpc) is 2.72. The summed E-state index contributed by atoms with van der Waals surface area (Å²) in [6, 6.07) is 0. The number of nitrogens with zero attached hydrogens (tertiary/aromatic N) is 1. The molecule has 5 heteroatoms. The quantitative estimate of drug-likeness (QED) is 0.755. The minimum atomic E-state index is -0.910. The monoisotopic (exact) mass is 227 g/mol. The molecular weight excluding hydrogens is 210 g/mol. The third-order valence-corrected chi connectivity index (χ3v) is 3.46. The van der Waals surface area contributed by atoms with E-state index in [-0.39, 0.29) is 18.7 Å². The molecule has 0 aromatic heterocycles. The van der Waals surface area contributed by atoms with Gasteiger partial charge in [-0.2, -0.15) is 0 Å². The molecule has 0 spiro atoms. The Balaban J connectivity index is 1.81. The number of likely N-dealkylation sites (tertiary alicyclic amines) is 1. The predicted molar refractivity (Wildman–Crippen MR) is 55.9 cm³/mol. The van der Waals surface area contributed by atoms with E-state index in [0.717, 1.165) is 32.7 Å². The van der Waals surface area contributed by atoms with E-state index in [0.29, 0.717) is 11.8 Å². The van der Waals surface area contributed by atoms with Crippen LogP contribution in [0.2, 0.25) is 0 Å². The zero-order valence-corrected chi connectivity index (χ0v) is 9.22. The first kappa shape index (κ1) is 11.4. The standard InChI is InChI=1S/C11H17NO4/c13-10(1-2-11(14)15)12-4-3-8-6-16-7-9(8)5-12/h8-9H,1-7H2,(H,14,15)/t8-,9-/m1/s1. The maximum absolute atomic E-state index is 11.7. The van der Waals surface area contributed by atoms with Crippen LogP contribution in [0.1, 0.15) is 19.3 Å². The molecule has 1 amide bonds. The molecule has 2 atom stereocenters. The molecule has 2 rings (SSSR count). The van der Waals surface area contributed by atoms with Crippen LogP contribution < -0.4 is 0 Å². The molecule has 0 saturated carbocycles. The van der Waals surface area contributed by atoms with E-state index in [2.05, 4.69) is 0 Å².